The van der Waals surface area contributed by atoms with Crippen LogP contribution < -0.4 is 4.74 Å². The Kier molecular flexibility index (Phi) is 5.32. The van der Waals surface area contributed by atoms with E-state index < -0.39 is 0 Å². The maximum Gasteiger partial charge on any atom is 0.155 e. The van der Waals surface area contributed by atoms with E-state index in [1.165, 1.54) is 6.07 Å². The molecule has 2 aromatic heterocycles. The zero-order valence-corrected chi connectivity index (χ0v) is 19.2. The van der Waals surface area contributed by atoms with Crippen molar-refractivity contribution in [2.75, 3.05) is 7.11 Å². The number of ether oxygens (including phenoxy) is 1. The van der Waals surface area contributed by atoms with Crippen LogP contribution in [0.3, 0.4) is 0 Å². The van der Waals surface area contributed by atoms with Gasteiger partial charge in [0.15, 0.2) is 5.82 Å². The van der Waals surface area contributed by atoms with Gasteiger partial charge in [0, 0.05) is 30.6 Å². The molecule has 33 heavy (non-hydrogen) atoms. The van der Waals surface area contributed by atoms with E-state index in [4.69, 9.17) is 14.7 Å². The Morgan fingerprint density at radius 3 is 2.73 bits per heavy atom. The number of aryl methyl sites for hydroxylation is 2. The number of methoxy groups -OCH3 is 1. The maximum atomic E-state index is 13.9. The maximum absolute atomic E-state index is 13.9. The van der Waals surface area contributed by atoms with Gasteiger partial charge in [-0.3, -0.25) is 0 Å². The second-order valence-corrected chi connectivity index (χ2v) is 8.71. The monoisotopic (exact) mass is 443 g/mol. The lowest BCUT2D eigenvalue weighted by Gasteiger charge is -2.21. The molecule has 0 bridgehead atoms. The zero-order chi connectivity index (χ0) is 23.1. The Hall–Kier alpha value is -3.74. The van der Waals surface area contributed by atoms with Gasteiger partial charge < -0.3 is 13.9 Å². The first-order chi connectivity index (χ1) is 15.9. The molecule has 4 aromatic rings. The lowest BCUT2D eigenvalue weighted by Crippen LogP contribution is -2.23. The molecule has 1 unspecified atom stereocenters. The Bertz CT molecular complexity index is 1370. The second-order valence-electron chi connectivity index (χ2n) is 8.71. The van der Waals surface area contributed by atoms with Crippen LogP contribution in [0.15, 0.2) is 60.1 Å². The minimum absolute atomic E-state index is 0.260. The summed E-state index contributed by atoms with van der Waals surface area (Å²) in [6.07, 6.45) is 6.56. The standard InChI is InChI=1S/C26H26FN5O/c1-16-9-22(26-30-23(14-31(26)12-16)21-10-19(27)6-5-17(21)2)29-20-7-8-24(25(11-20)33-4)32-13-18(3)28-15-32/h5-8,10-11,13-16H,9,12H2,1-4H3. The van der Waals surface area contributed by atoms with Crippen LogP contribution in [-0.4, -0.2) is 31.9 Å². The smallest absolute Gasteiger partial charge is 0.155 e. The number of benzene rings is 2. The van der Waals surface area contributed by atoms with Gasteiger partial charge in [0.05, 0.1) is 41.9 Å². The van der Waals surface area contributed by atoms with Crippen molar-refractivity contribution in [3.05, 3.63) is 78.0 Å². The van der Waals surface area contributed by atoms with E-state index in [0.717, 1.165) is 64.1 Å². The molecule has 1 atom stereocenters. The molecule has 0 fully saturated rings. The SMILES string of the molecule is COc1cc(N=C2CC(C)Cn3cc(-c4cc(F)ccc4C)nc32)ccc1-n1cnc(C)c1. The van der Waals surface area contributed by atoms with Crippen molar-refractivity contribution in [2.45, 2.75) is 33.7 Å². The van der Waals surface area contributed by atoms with Crippen molar-refractivity contribution in [1.29, 1.82) is 0 Å². The summed E-state index contributed by atoms with van der Waals surface area (Å²) in [6, 6.07) is 10.7. The highest BCUT2D eigenvalue weighted by molar-refractivity contribution is 6.00. The van der Waals surface area contributed by atoms with Gasteiger partial charge in [-0.05, 0) is 56.0 Å². The summed E-state index contributed by atoms with van der Waals surface area (Å²) in [6.45, 7) is 6.99. The average Bonchev–Trinajstić information content (AvgIpc) is 3.41. The number of fused-ring (bicyclic) bond motifs is 1. The highest BCUT2D eigenvalue weighted by Crippen LogP contribution is 2.32. The summed E-state index contributed by atoms with van der Waals surface area (Å²) >= 11 is 0. The minimum Gasteiger partial charge on any atom is -0.494 e. The summed E-state index contributed by atoms with van der Waals surface area (Å²) < 4.78 is 23.6. The molecule has 7 heteroatoms. The van der Waals surface area contributed by atoms with Crippen LogP contribution in [0.5, 0.6) is 5.75 Å². The fraction of sp³-hybridized carbons (Fsp3) is 0.269. The van der Waals surface area contributed by atoms with E-state index >= 15 is 0 Å². The van der Waals surface area contributed by atoms with Gasteiger partial charge in [-0.2, -0.15) is 0 Å². The van der Waals surface area contributed by atoms with Gasteiger partial charge in [-0.15, -0.1) is 0 Å². The molecule has 5 rings (SSSR count). The molecule has 0 spiro atoms. The number of halogens is 1. The third kappa shape index (κ3) is 4.06. The largest absolute Gasteiger partial charge is 0.494 e. The quantitative estimate of drug-likeness (QED) is 0.409. The number of hydrogen-bond donors (Lipinski definition) is 0. The van der Waals surface area contributed by atoms with Crippen molar-refractivity contribution < 1.29 is 9.13 Å². The summed E-state index contributed by atoms with van der Waals surface area (Å²) in [5.74, 6) is 1.71. The molecule has 168 valence electrons. The fourth-order valence-corrected chi connectivity index (χ4v) is 4.36. The zero-order valence-electron chi connectivity index (χ0n) is 19.2. The lowest BCUT2D eigenvalue weighted by atomic mass is 10.00. The highest BCUT2D eigenvalue weighted by Gasteiger charge is 2.24. The predicted octanol–water partition coefficient (Wildman–Crippen LogP) is 5.66. The van der Waals surface area contributed by atoms with E-state index in [1.54, 1.807) is 25.6 Å². The van der Waals surface area contributed by atoms with Crippen LogP contribution in [0.4, 0.5) is 10.1 Å². The van der Waals surface area contributed by atoms with Crippen molar-refractivity contribution in [3.63, 3.8) is 0 Å². The van der Waals surface area contributed by atoms with E-state index in [-0.39, 0.29) is 5.82 Å². The number of rotatable bonds is 4. The van der Waals surface area contributed by atoms with Crippen molar-refractivity contribution >= 4 is 11.4 Å². The molecule has 0 aliphatic carbocycles. The van der Waals surface area contributed by atoms with E-state index in [9.17, 15) is 4.39 Å². The van der Waals surface area contributed by atoms with Gasteiger partial charge in [-0.1, -0.05) is 13.0 Å². The fourth-order valence-electron chi connectivity index (χ4n) is 4.36. The van der Waals surface area contributed by atoms with Crippen LogP contribution in [-0.2, 0) is 6.54 Å². The molecule has 3 heterocycles. The van der Waals surface area contributed by atoms with Crippen LogP contribution >= 0.6 is 0 Å². The minimum atomic E-state index is -0.260. The first kappa shape index (κ1) is 21.1. The predicted molar refractivity (Wildman–Crippen MR) is 127 cm³/mol. The molecule has 0 radical (unpaired) electrons. The summed E-state index contributed by atoms with van der Waals surface area (Å²) in [4.78, 5) is 14.1. The van der Waals surface area contributed by atoms with Gasteiger partial charge in [-0.25, -0.2) is 19.4 Å². The highest BCUT2D eigenvalue weighted by atomic mass is 19.1. The third-order valence-electron chi connectivity index (χ3n) is 5.98. The molecule has 1 aliphatic rings. The summed E-state index contributed by atoms with van der Waals surface area (Å²) in [7, 11) is 1.66. The van der Waals surface area contributed by atoms with Gasteiger partial charge in [0.25, 0.3) is 0 Å². The molecule has 2 aromatic carbocycles. The molecule has 0 N–H and O–H groups in total. The van der Waals surface area contributed by atoms with E-state index in [1.807, 2.05) is 49.0 Å². The van der Waals surface area contributed by atoms with Crippen molar-refractivity contribution in [1.82, 2.24) is 19.1 Å². The van der Waals surface area contributed by atoms with Gasteiger partial charge >= 0.3 is 0 Å². The molecule has 0 saturated carbocycles. The molecule has 0 amide bonds. The molecule has 6 nitrogen and oxygen atoms in total. The molecule has 0 saturated heterocycles. The molecular formula is C26H26FN5O. The Labute approximate surface area is 192 Å². The molecular weight excluding hydrogens is 417 g/mol. The number of hydrogen-bond acceptors (Lipinski definition) is 4. The Morgan fingerprint density at radius 2 is 1.97 bits per heavy atom. The third-order valence-corrected chi connectivity index (χ3v) is 5.98. The summed E-state index contributed by atoms with van der Waals surface area (Å²) in [5, 5.41) is 0. The first-order valence-electron chi connectivity index (χ1n) is 11.0. The van der Waals surface area contributed by atoms with Crippen LogP contribution in [0, 0.1) is 25.6 Å². The van der Waals surface area contributed by atoms with E-state index in [0.29, 0.717) is 5.92 Å². The summed E-state index contributed by atoms with van der Waals surface area (Å²) in [5.41, 5.74) is 6.14. The Morgan fingerprint density at radius 1 is 1.12 bits per heavy atom. The van der Waals surface area contributed by atoms with Gasteiger partial charge in [0.2, 0.25) is 0 Å². The number of nitrogens with zero attached hydrogens (tertiary/aromatic N) is 5. The molecule has 1 aliphatic heterocycles. The van der Waals surface area contributed by atoms with Crippen LogP contribution in [0.2, 0.25) is 0 Å². The second kappa shape index (κ2) is 8.31. The Balaban J connectivity index is 1.55. The number of aromatic nitrogens is 4. The lowest BCUT2D eigenvalue weighted by molar-refractivity contribution is 0.413. The topological polar surface area (TPSA) is 57.2 Å². The normalized spacial score (nSPS) is 16.8. The number of aliphatic imine (C=N–C) groups is 1. The van der Waals surface area contributed by atoms with Crippen molar-refractivity contribution in [2.24, 2.45) is 10.9 Å². The number of imidazole rings is 2. The van der Waals surface area contributed by atoms with E-state index in [2.05, 4.69) is 16.5 Å². The average molecular weight is 444 g/mol. The van der Waals surface area contributed by atoms with Gasteiger partial charge in [0.1, 0.15) is 11.6 Å². The van der Waals surface area contributed by atoms with Crippen LogP contribution in [0.1, 0.15) is 30.4 Å². The first-order valence-corrected chi connectivity index (χ1v) is 11.0. The van der Waals surface area contributed by atoms with Crippen LogP contribution in [0.25, 0.3) is 16.9 Å². The van der Waals surface area contributed by atoms with Crippen molar-refractivity contribution in [3.8, 4) is 22.7 Å².